The Hall–Kier alpha value is -2.89. The summed E-state index contributed by atoms with van der Waals surface area (Å²) in [6, 6.07) is 12.0. The van der Waals surface area contributed by atoms with Crippen molar-refractivity contribution >= 4 is 5.91 Å². The van der Waals surface area contributed by atoms with Crippen LogP contribution in [0.3, 0.4) is 0 Å². The maximum atomic E-state index is 13.3. The van der Waals surface area contributed by atoms with Crippen LogP contribution in [0.25, 0.3) is 0 Å². The van der Waals surface area contributed by atoms with E-state index in [4.69, 9.17) is 4.42 Å². The lowest BCUT2D eigenvalue weighted by atomic mass is 10.0. The molecular weight excluding hydrogens is 352 g/mol. The Morgan fingerprint density at radius 1 is 1.21 bits per heavy atom. The highest BCUT2D eigenvalue weighted by atomic mass is 16.4. The first-order valence-corrected chi connectivity index (χ1v) is 9.96. The normalized spacial score (nSPS) is 17.2. The number of piperidine rings is 1. The molecule has 1 aliphatic rings. The van der Waals surface area contributed by atoms with Crippen LogP contribution in [0.15, 0.2) is 53.2 Å². The third-order valence-electron chi connectivity index (χ3n) is 5.22. The number of aromatic nitrogens is 3. The van der Waals surface area contributed by atoms with E-state index in [1.54, 1.807) is 23.1 Å². The summed E-state index contributed by atoms with van der Waals surface area (Å²) in [6.07, 6.45) is 7.11. The molecule has 3 heterocycles. The number of oxazole rings is 1. The predicted octanol–water partition coefficient (Wildman–Crippen LogP) is 4.41. The van der Waals surface area contributed by atoms with E-state index >= 15 is 0 Å². The molecule has 1 aliphatic heterocycles. The summed E-state index contributed by atoms with van der Waals surface area (Å²) in [5.74, 6) is 1.46. The van der Waals surface area contributed by atoms with Crippen molar-refractivity contribution in [3.8, 4) is 0 Å². The number of hydrogen-bond acceptors (Lipinski definition) is 4. The van der Waals surface area contributed by atoms with Gasteiger partial charge in [-0.05, 0) is 44.7 Å². The Morgan fingerprint density at radius 3 is 2.82 bits per heavy atom. The van der Waals surface area contributed by atoms with Crippen LogP contribution in [0.4, 0.5) is 0 Å². The fourth-order valence-electron chi connectivity index (χ4n) is 3.83. The number of amides is 1. The molecular formula is C22H26N4O2. The summed E-state index contributed by atoms with van der Waals surface area (Å²) >= 11 is 0. The fourth-order valence-corrected chi connectivity index (χ4v) is 3.83. The molecule has 2 aromatic heterocycles. The van der Waals surface area contributed by atoms with E-state index < -0.39 is 0 Å². The van der Waals surface area contributed by atoms with Gasteiger partial charge in [0.05, 0.1) is 6.20 Å². The van der Waals surface area contributed by atoms with Crippen molar-refractivity contribution < 1.29 is 9.21 Å². The number of hydrogen-bond donors (Lipinski definition) is 0. The molecule has 1 saturated heterocycles. The van der Waals surface area contributed by atoms with E-state index in [-0.39, 0.29) is 18.0 Å². The van der Waals surface area contributed by atoms with Crippen molar-refractivity contribution in [1.82, 2.24) is 19.7 Å². The topological polar surface area (TPSA) is 64.2 Å². The lowest BCUT2D eigenvalue weighted by molar-refractivity contribution is 0.0555. The highest BCUT2D eigenvalue weighted by molar-refractivity contribution is 5.92. The first-order chi connectivity index (χ1) is 13.6. The summed E-state index contributed by atoms with van der Waals surface area (Å²) in [4.78, 5) is 19.7. The zero-order valence-electron chi connectivity index (χ0n) is 16.4. The molecule has 1 aromatic carbocycles. The van der Waals surface area contributed by atoms with Crippen LogP contribution in [0, 0.1) is 0 Å². The van der Waals surface area contributed by atoms with Crippen molar-refractivity contribution in [2.75, 3.05) is 6.54 Å². The molecule has 4 rings (SSSR count). The van der Waals surface area contributed by atoms with Gasteiger partial charge < -0.3 is 9.32 Å². The maximum Gasteiger partial charge on any atom is 0.272 e. The van der Waals surface area contributed by atoms with Gasteiger partial charge >= 0.3 is 0 Å². The molecule has 1 fully saturated rings. The Kier molecular flexibility index (Phi) is 5.28. The molecule has 1 atom stereocenters. The molecule has 146 valence electrons. The third-order valence-corrected chi connectivity index (χ3v) is 5.22. The Bertz CT molecular complexity index is 929. The molecule has 0 bridgehead atoms. The predicted molar refractivity (Wildman–Crippen MR) is 106 cm³/mol. The van der Waals surface area contributed by atoms with Crippen molar-refractivity contribution in [2.24, 2.45) is 0 Å². The fraction of sp³-hybridized carbons (Fsp3) is 0.409. The van der Waals surface area contributed by atoms with Crippen LogP contribution < -0.4 is 0 Å². The molecule has 0 unspecified atom stereocenters. The molecule has 0 spiro atoms. The third kappa shape index (κ3) is 3.72. The molecule has 0 aliphatic carbocycles. The molecule has 0 N–H and O–H groups in total. The highest BCUT2D eigenvalue weighted by Crippen LogP contribution is 2.32. The second-order valence-corrected chi connectivity index (χ2v) is 7.59. The first-order valence-electron chi connectivity index (χ1n) is 9.96. The molecule has 3 aromatic rings. The summed E-state index contributed by atoms with van der Waals surface area (Å²) < 4.78 is 7.86. The number of rotatable bonds is 5. The van der Waals surface area contributed by atoms with Crippen molar-refractivity contribution in [3.63, 3.8) is 0 Å². The highest BCUT2D eigenvalue weighted by Gasteiger charge is 2.33. The van der Waals surface area contributed by atoms with Gasteiger partial charge in [-0.2, -0.15) is 5.10 Å². The minimum Gasteiger partial charge on any atom is -0.443 e. The lowest BCUT2D eigenvalue weighted by Crippen LogP contribution is -2.39. The van der Waals surface area contributed by atoms with Gasteiger partial charge in [0.25, 0.3) is 5.91 Å². The molecule has 6 nitrogen and oxygen atoms in total. The minimum atomic E-state index is -0.124. The standard InChI is InChI=1S/C22H26N4O2/c1-16(2)26-20(11-12-24-26)22(27)25-13-7-6-10-19(25)21-23-15-18(28-21)14-17-8-4-3-5-9-17/h3-5,8-9,11-12,15-16,19H,6-7,10,13-14H2,1-2H3/t19-/m0/s1. The molecule has 0 saturated carbocycles. The zero-order chi connectivity index (χ0) is 19.5. The van der Waals surface area contributed by atoms with Crippen molar-refractivity contribution in [3.05, 3.63) is 71.7 Å². The van der Waals surface area contributed by atoms with Crippen LogP contribution in [-0.2, 0) is 6.42 Å². The SMILES string of the molecule is CC(C)n1nccc1C(=O)N1CCCC[C@H]1c1ncc(Cc2ccccc2)o1. The quantitative estimate of drug-likeness (QED) is 0.660. The van der Waals surface area contributed by atoms with Gasteiger partial charge in [-0.1, -0.05) is 30.3 Å². The van der Waals surface area contributed by atoms with Crippen LogP contribution in [0.1, 0.15) is 72.9 Å². The van der Waals surface area contributed by atoms with Gasteiger partial charge in [0, 0.05) is 25.2 Å². The summed E-state index contributed by atoms with van der Waals surface area (Å²) in [5.41, 5.74) is 1.81. The van der Waals surface area contributed by atoms with Gasteiger partial charge in [-0.25, -0.2) is 4.98 Å². The monoisotopic (exact) mass is 378 g/mol. The van der Waals surface area contributed by atoms with Gasteiger partial charge in [-0.3, -0.25) is 9.48 Å². The zero-order valence-corrected chi connectivity index (χ0v) is 16.4. The summed E-state index contributed by atoms with van der Waals surface area (Å²) in [7, 11) is 0. The number of carbonyl (C=O) groups is 1. The molecule has 28 heavy (non-hydrogen) atoms. The first kappa shape index (κ1) is 18.5. The van der Waals surface area contributed by atoms with E-state index in [0.29, 0.717) is 24.6 Å². The van der Waals surface area contributed by atoms with E-state index in [0.717, 1.165) is 25.0 Å². The molecule has 1 amide bonds. The molecule has 6 heteroatoms. The largest absolute Gasteiger partial charge is 0.443 e. The van der Waals surface area contributed by atoms with Crippen molar-refractivity contribution in [1.29, 1.82) is 0 Å². The Morgan fingerprint density at radius 2 is 2.04 bits per heavy atom. The van der Waals surface area contributed by atoms with E-state index in [1.165, 1.54) is 5.56 Å². The van der Waals surface area contributed by atoms with Crippen molar-refractivity contribution in [2.45, 2.75) is 51.6 Å². The van der Waals surface area contributed by atoms with E-state index in [1.807, 2.05) is 36.9 Å². The van der Waals surface area contributed by atoms with Crippen LogP contribution in [0.5, 0.6) is 0 Å². The number of carbonyl (C=O) groups excluding carboxylic acids is 1. The second kappa shape index (κ2) is 8.00. The smallest absolute Gasteiger partial charge is 0.272 e. The lowest BCUT2D eigenvalue weighted by Gasteiger charge is -2.34. The Labute approximate surface area is 165 Å². The number of benzene rings is 1. The molecule has 0 radical (unpaired) electrons. The average Bonchev–Trinajstić information content (AvgIpc) is 3.38. The van der Waals surface area contributed by atoms with Crippen LogP contribution >= 0.6 is 0 Å². The Balaban J connectivity index is 1.56. The van der Waals surface area contributed by atoms with Crippen LogP contribution in [0.2, 0.25) is 0 Å². The minimum absolute atomic E-state index is 0.00120. The summed E-state index contributed by atoms with van der Waals surface area (Å²) in [6.45, 7) is 4.77. The maximum absolute atomic E-state index is 13.3. The van der Waals surface area contributed by atoms with Gasteiger partial charge in [0.15, 0.2) is 0 Å². The second-order valence-electron chi connectivity index (χ2n) is 7.59. The van der Waals surface area contributed by atoms with E-state index in [9.17, 15) is 4.79 Å². The van der Waals surface area contributed by atoms with Gasteiger partial charge in [0.1, 0.15) is 17.5 Å². The van der Waals surface area contributed by atoms with Gasteiger partial charge in [0.2, 0.25) is 5.89 Å². The number of likely N-dealkylation sites (tertiary alicyclic amines) is 1. The van der Waals surface area contributed by atoms with E-state index in [2.05, 4.69) is 22.2 Å². The average molecular weight is 378 g/mol. The van der Waals surface area contributed by atoms with Gasteiger partial charge in [-0.15, -0.1) is 0 Å². The summed E-state index contributed by atoms with van der Waals surface area (Å²) in [5, 5.41) is 4.31. The number of nitrogens with zero attached hydrogens (tertiary/aromatic N) is 4. The van der Waals surface area contributed by atoms with Crippen LogP contribution in [-0.4, -0.2) is 32.1 Å².